The zero-order valence-corrected chi connectivity index (χ0v) is 33.7. The van der Waals surface area contributed by atoms with Crippen LogP contribution in [-0.4, -0.2) is 38.0 Å². The summed E-state index contributed by atoms with van der Waals surface area (Å²) in [5, 5.41) is 24.0. The zero-order valence-electron chi connectivity index (χ0n) is 29.2. The molecule has 43 heavy (non-hydrogen) atoms. The number of carbonyl (C=O) groups is 2. The van der Waals surface area contributed by atoms with Crippen LogP contribution in [0.1, 0.15) is 183 Å². The Labute approximate surface area is 277 Å². The third-order valence-electron chi connectivity index (χ3n) is 8.56. The van der Waals surface area contributed by atoms with E-state index in [4.69, 9.17) is 0 Å². The summed E-state index contributed by atoms with van der Waals surface area (Å²) in [4.78, 5) is 25.1. The van der Waals surface area contributed by atoms with Crippen molar-refractivity contribution in [2.45, 2.75) is 202 Å². The summed E-state index contributed by atoms with van der Waals surface area (Å²) in [6.07, 6.45) is 24.4. The van der Waals surface area contributed by atoms with Gasteiger partial charge in [0.05, 0.1) is 0 Å². The van der Waals surface area contributed by atoms with Crippen molar-refractivity contribution in [3.8, 4) is 0 Å². The summed E-state index contributed by atoms with van der Waals surface area (Å²) in [5.41, 5.74) is 0. The predicted molar refractivity (Wildman–Crippen MR) is 191 cm³/mol. The molecule has 256 valence electrons. The van der Waals surface area contributed by atoms with E-state index in [0.29, 0.717) is 24.7 Å². The van der Waals surface area contributed by atoms with Gasteiger partial charge in [-0.15, -0.1) is 0 Å². The van der Waals surface area contributed by atoms with Crippen LogP contribution in [0.5, 0.6) is 0 Å². The van der Waals surface area contributed by atoms with Gasteiger partial charge in [-0.25, -0.2) is 0 Å². The first-order valence-corrected chi connectivity index (χ1v) is 31.1. The third-order valence-corrected chi connectivity index (χ3v) is 38.8. The number of unbranched alkanes of at least 4 members (excludes halogenated alkanes) is 14. The van der Waals surface area contributed by atoms with Crippen LogP contribution in [0.2, 0.25) is 8.87 Å². The number of hydrogen-bond acceptors (Lipinski definition) is 6. The zero-order chi connectivity index (χ0) is 32.3. The number of hydrogen-bond donors (Lipinski definition) is 0. The maximum atomic E-state index is 12.5. The van der Waals surface area contributed by atoms with Crippen LogP contribution in [0.3, 0.4) is 0 Å². The van der Waals surface area contributed by atoms with Crippen LogP contribution in [0.25, 0.3) is 0 Å². The Kier molecular flexibility index (Phi) is 28.9. The number of carboxylic acids is 2. The predicted octanol–water partition coefficient (Wildman–Crippen LogP) is 10.1. The van der Waals surface area contributed by atoms with Gasteiger partial charge < -0.3 is 0 Å². The Hall–Kier alpha value is 0.439. The molecular weight excluding hydrogens is 679 g/mol. The second kappa shape index (κ2) is 28.6. The van der Waals surface area contributed by atoms with E-state index in [2.05, 4.69) is 41.5 Å². The van der Waals surface area contributed by atoms with Crippen molar-refractivity contribution in [1.82, 2.24) is 0 Å². The second-order valence-electron chi connectivity index (χ2n) is 13.9. The van der Waals surface area contributed by atoms with Crippen LogP contribution in [0.15, 0.2) is 0 Å². The molecule has 2 unspecified atom stereocenters. The molecule has 0 aliphatic heterocycles. The second-order valence-corrected chi connectivity index (χ2v) is 39.8. The third kappa shape index (κ3) is 25.2. The van der Waals surface area contributed by atoms with Crippen LogP contribution in [0.4, 0.5) is 0 Å². The summed E-state index contributed by atoms with van der Waals surface area (Å²) in [5.74, 6) is -0.512. The average molecular weight is 750 g/mol. The summed E-state index contributed by atoms with van der Waals surface area (Å²) in [6, 6.07) is 0. The Morgan fingerprint density at radius 2 is 0.791 bits per heavy atom. The van der Waals surface area contributed by atoms with E-state index in [-0.39, 0.29) is 0 Å². The van der Waals surface area contributed by atoms with Gasteiger partial charge in [-0.1, -0.05) is 0 Å². The van der Waals surface area contributed by atoms with Gasteiger partial charge in [0.25, 0.3) is 0 Å². The molecule has 0 saturated carbocycles. The molecule has 0 amide bonds. The minimum atomic E-state index is -3.36. The molecule has 0 N–H and O–H groups in total. The molecule has 0 fully saturated rings. The first-order chi connectivity index (χ1) is 20.6. The number of rotatable bonds is 32. The summed E-state index contributed by atoms with van der Waals surface area (Å²) in [7, 11) is 3.52. The first-order valence-electron chi connectivity index (χ1n) is 18.3. The Morgan fingerprint density at radius 3 is 1.12 bits per heavy atom. The van der Waals surface area contributed by atoms with Crippen LogP contribution in [-0.2, 0) is 9.59 Å². The summed E-state index contributed by atoms with van der Waals surface area (Å²) in [6.45, 7) is 13.4. The van der Waals surface area contributed by atoms with Crippen molar-refractivity contribution in [3.63, 3.8) is 0 Å². The standard InChI is InChI=1S/2C10H20O2S.2C8H17.Sn/c2*1-8(2)6-4-3-5-7-9(13)10(11)12;2*1-3-5-7-8-6-4-2;/h2*8-9,13H,3-7H2,1-2H3,(H,11,12);2*1,3-8H2,2H3;/q;;;;+2/p-4. The van der Waals surface area contributed by atoms with E-state index < -0.39 is 38.0 Å². The van der Waals surface area contributed by atoms with Crippen LogP contribution >= 0.6 is 17.9 Å². The van der Waals surface area contributed by atoms with Crippen molar-refractivity contribution in [2.75, 3.05) is 0 Å². The van der Waals surface area contributed by atoms with Crippen molar-refractivity contribution in [3.05, 3.63) is 0 Å². The molecule has 0 aliphatic carbocycles. The molecule has 0 aromatic rings. The van der Waals surface area contributed by atoms with Crippen molar-refractivity contribution in [1.29, 1.82) is 0 Å². The monoisotopic (exact) mass is 750 g/mol. The summed E-state index contributed by atoms with van der Waals surface area (Å²) >= 11 is -3.36. The van der Waals surface area contributed by atoms with Gasteiger partial charge >= 0.3 is 279 Å². The molecule has 0 saturated heterocycles. The van der Waals surface area contributed by atoms with E-state index in [9.17, 15) is 19.8 Å². The van der Waals surface area contributed by atoms with E-state index in [1.807, 2.05) is 0 Å². The SMILES string of the molecule is CCCCCCC[CH2][Sn]([CH2]CCCCCCC)([S]C(CCCCCC(C)C)C(=O)[O-])[S]C(CCCCCC(C)C)C(=O)[O-]. The minimum absolute atomic E-state index is 0.504. The molecule has 4 nitrogen and oxygen atoms in total. The molecule has 7 heteroatoms. The van der Waals surface area contributed by atoms with Gasteiger partial charge in [0.1, 0.15) is 0 Å². The Bertz CT molecular complexity index is 618. The molecule has 0 aromatic heterocycles. The molecule has 0 aromatic carbocycles. The normalized spacial score (nSPS) is 13.6. The van der Waals surface area contributed by atoms with Gasteiger partial charge in [-0.3, -0.25) is 0 Å². The topological polar surface area (TPSA) is 80.3 Å². The fourth-order valence-corrected chi connectivity index (χ4v) is 40.1. The van der Waals surface area contributed by atoms with Crippen molar-refractivity contribution >= 4 is 45.4 Å². The number of carbonyl (C=O) groups excluding carboxylic acids is 2. The van der Waals surface area contributed by atoms with Crippen molar-refractivity contribution < 1.29 is 19.8 Å². The number of aliphatic carboxylic acids is 2. The van der Waals surface area contributed by atoms with Gasteiger partial charge in [0.15, 0.2) is 0 Å². The maximum absolute atomic E-state index is 12.5. The van der Waals surface area contributed by atoms with Crippen molar-refractivity contribution in [2.24, 2.45) is 11.8 Å². The van der Waals surface area contributed by atoms with E-state index in [1.54, 1.807) is 17.9 Å². The van der Waals surface area contributed by atoms with Gasteiger partial charge in [-0.2, -0.15) is 0 Å². The Balaban J connectivity index is 5.83. The molecule has 0 heterocycles. The molecular formula is C36H70O4S2Sn-2. The summed E-state index contributed by atoms with van der Waals surface area (Å²) < 4.78 is 2.14. The number of carboxylic acid groups (broad SMARTS) is 2. The molecule has 0 bridgehead atoms. The van der Waals surface area contributed by atoms with Crippen LogP contribution < -0.4 is 10.2 Å². The van der Waals surface area contributed by atoms with E-state index in [1.165, 1.54) is 77.0 Å². The molecule has 0 spiro atoms. The van der Waals surface area contributed by atoms with Gasteiger partial charge in [-0.05, 0) is 0 Å². The fourth-order valence-electron chi connectivity index (χ4n) is 5.82. The fraction of sp³-hybridized carbons (Fsp3) is 0.944. The Morgan fingerprint density at radius 1 is 0.488 bits per heavy atom. The van der Waals surface area contributed by atoms with E-state index in [0.717, 1.165) is 60.2 Å². The molecule has 0 radical (unpaired) electrons. The first kappa shape index (κ1) is 43.4. The average Bonchev–Trinajstić information content (AvgIpc) is 2.94. The van der Waals surface area contributed by atoms with E-state index >= 15 is 0 Å². The van der Waals surface area contributed by atoms with Gasteiger partial charge in [0, 0.05) is 0 Å². The molecule has 2 atom stereocenters. The van der Waals surface area contributed by atoms with Crippen LogP contribution in [0, 0.1) is 11.8 Å². The molecule has 0 rings (SSSR count). The molecule has 0 aliphatic rings. The quantitative estimate of drug-likeness (QED) is 0.0503. The van der Waals surface area contributed by atoms with Gasteiger partial charge in [0.2, 0.25) is 0 Å².